The minimum Gasteiger partial charge on any atom is -0.489 e. The zero-order valence-electron chi connectivity index (χ0n) is 15.8. The highest BCUT2D eigenvalue weighted by Crippen LogP contribution is 2.29. The third-order valence-corrected chi connectivity index (χ3v) is 3.80. The van der Waals surface area contributed by atoms with Crippen LogP contribution in [0.3, 0.4) is 0 Å². The Kier molecular flexibility index (Phi) is 6.78. The lowest BCUT2D eigenvalue weighted by molar-refractivity contribution is -0.117. The highest BCUT2D eigenvalue weighted by Gasteiger charge is 2.18. The van der Waals surface area contributed by atoms with Gasteiger partial charge in [0.05, 0.1) is 11.8 Å². The van der Waals surface area contributed by atoms with Gasteiger partial charge in [-0.3, -0.25) is 9.59 Å². The van der Waals surface area contributed by atoms with E-state index >= 15 is 0 Å². The van der Waals surface area contributed by atoms with Crippen molar-refractivity contribution >= 4 is 23.2 Å². The highest BCUT2D eigenvalue weighted by molar-refractivity contribution is 5.95. The van der Waals surface area contributed by atoms with E-state index in [1.165, 1.54) is 6.92 Å². The minimum atomic E-state index is -0.137. The second-order valence-corrected chi connectivity index (χ2v) is 6.47. The normalized spacial score (nSPS) is 10.5. The number of ether oxygens (including phenoxy) is 1. The van der Waals surface area contributed by atoms with Crippen molar-refractivity contribution in [3.05, 3.63) is 54.1 Å². The number of hydrogen-bond donors (Lipinski definition) is 1. The van der Waals surface area contributed by atoms with Crippen LogP contribution >= 0.6 is 0 Å². The SMILES string of the molecule is CC(=O)N(CCC(=O)Nc1ccc(C)cc1)c1ccccc1OC(C)C. The summed E-state index contributed by atoms with van der Waals surface area (Å²) in [5, 5.41) is 2.85. The Bertz CT molecular complexity index is 754. The van der Waals surface area contributed by atoms with Crippen LogP contribution in [-0.2, 0) is 9.59 Å². The van der Waals surface area contributed by atoms with Gasteiger partial charge in [-0.1, -0.05) is 29.8 Å². The number of carbonyl (C=O) groups excluding carboxylic acids is 2. The Balaban J connectivity index is 2.06. The van der Waals surface area contributed by atoms with E-state index in [9.17, 15) is 9.59 Å². The standard InChI is InChI=1S/C21H26N2O3/c1-15(2)26-20-8-6-5-7-19(20)23(17(4)24)14-13-21(25)22-18-11-9-16(3)10-12-18/h5-12,15H,13-14H2,1-4H3,(H,22,25). The molecule has 0 saturated carbocycles. The number of para-hydroxylation sites is 2. The van der Waals surface area contributed by atoms with Gasteiger partial charge in [0.15, 0.2) is 0 Å². The Morgan fingerprint density at radius 1 is 1.08 bits per heavy atom. The number of nitrogens with one attached hydrogen (secondary N) is 1. The molecule has 2 amide bonds. The number of rotatable bonds is 7. The van der Waals surface area contributed by atoms with Gasteiger partial charge >= 0.3 is 0 Å². The first-order valence-electron chi connectivity index (χ1n) is 8.77. The number of hydrogen-bond acceptors (Lipinski definition) is 3. The number of nitrogens with zero attached hydrogens (tertiary/aromatic N) is 1. The summed E-state index contributed by atoms with van der Waals surface area (Å²) in [5.74, 6) is 0.368. The average Bonchev–Trinajstić information content (AvgIpc) is 2.58. The Morgan fingerprint density at radius 3 is 2.35 bits per heavy atom. The van der Waals surface area contributed by atoms with Crippen LogP contribution in [0.1, 0.15) is 32.8 Å². The van der Waals surface area contributed by atoms with Crippen LogP contribution in [0.5, 0.6) is 5.75 Å². The van der Waals surface area contributed by atoms with Crippen LogP contribution in [-0.4, -0.2) is 24.5 Å². The van der Waals surface area contributed by atoms with Crippen LogP contribution in [0, 0.1) is 6.92 Å². The molecule has 2 rings (SSSR count). The van der Waals surface area contributed by atoms with Gasteiger partial charge < -0.3 is 15.0 Å². The van der Waals surface area contributed by atoms with Crippen molar-refractivity contribution in [2.24, 2.45) is 0 Å². The smallest absolute Gasteiger partial charge is 0.226 e. The molecule has 138 valence electrons. The van der Waals surface area contributed by atoms with E-state index in [4.69, 9.17) is 4.74 Å². The molecule has 2 aromatic carbocycles. The predicted octanol–water partition coefficient (Wildman–Crippen LogP) is 4.16. The first kappa shape index (κ1) is 19.5. The number of amides is 2. The van der Waals surface area contributed by atoms with Crippen molar-refractivity contribution in [3.8, 4) is 5.75 Å². The molecule has 1 N–H and O–H groups in total. The van der Waals surface area contributed by atoms with Gasteiger partial charge in [-0.2, -0.15) is 0 Å². The summed E-state index contributed by atoms with van der Waals surface area (Å²) in [6.07, 6.45) is 0.193. The van der Waals surface area contributed by atoms with Gasteiger partial charge in [-0.15, -0.1) is 0 Å². The quantitative estimate of drug-likeness (QED) is 0.812. The van der Waals surface area contributed by atoms with E-state index in [-0.39, 0.29) is 30.9 Å². The summed E-state index contributed by atoms with van der Waals surface area (Å²) < 4.78 is 5.80. The molecule has 26 heavy (non-hydrogen) atoms. The average molecular weight is 354 g/mol. The van der Waals surface area contributed by atoms with E-state index in [0.29, 0.717) is 11.4 Å². The second kappa shape index (κ2) is 9.04. The largest absolute Gasteiger partial charge is 0.489 e. The van der Waals surface area contributed by atoms with Crippen molar-refractivity contribution in [1.82, 2.24) is 0 Å². The number of carbonyl (C=O) groups is 2. The van der Waals surface area contributed by atoms with Crippen LogP contribution in [0.4, 0.5) is 11.4 Å². The number of benzene rings is 2. The third-order valence-electron chi connectivity index (χ3n) is 3.80. The molecule has 0 fully saturated rings. The third kappa shape index (κ3) is 5.62. The topological polar surface area (TPSA) is 58.6 Å². The van der Waals surface area contributed by atoms with Crippen molar-refractivity contribution in [1.29, 1.82) is 0 Å². The zero-order valence-corrected chi connectivity index (χ0v) is 15.8. The first-order chi connectivity index (χ1) is 12.4. The van der Waals surface area contributed by atoms with Gasteiger partial charge in [0.1, 0.15) is 5.75 Å². The van der Waals surface area contributed by atoms with Crippen molar-refractivity contribution in [2.45, 2.75) is 40.2 Å². The lowest BCUT2D eigenvalue weighted by atomic mass is 10.2. The molecule has 0 aliphatic rings. The molecule has 0 spiro atoms. The van der Waals surface area contributed by atoms with Crippen molar-refractivity contribution in [2.75, 3.05) is 16.8 Å². The maximum absolute atomic E-state index is 12.2. The van der Waals surface area contributed by atoms with Gasteiger partial charge in [-0.25, -0.2) is 0 Å². The van der Waals surface area contributed by atoms with Crippen molar-refractivity contribution in [3.63, 3.8) is 0 Å². The molecule has 0 heterocycles. The lowest BCUT2D eigenvalue weighted by Crippen LogP contribution is -2.32. The maximum Gasteiger partial charge on any atom is 0.226 e. The Hall–Kier alpha value is -2.82. The summed E-state index contributed by atoms with van der Waals surface area (Å²) >= 11 is 0. The molecular formula is C21H26N2O3. The van der Waals surface area contributed by atoms with E-state index in [1.807, 2.05) is 69.3 Å². The summed E-state index contributed by atoms with van der Waals surface area (Å²) in [4.78, 5) is 25.9. The zero-order chi connectivity index (χ0) is 19.1. The van der Waals surface area contributed by atoms with Gasteiger partial charge in [-0.05, 0) is 45.0 Å². The van der Waals surface area contributed by atoms with Crippen molar-refractivity contribution < 1.29 is 14.3 Å². The summed E-state index contributed by atoms with van der Waals surface area (Å²) in [6.45, 7) is 7.64. The molecule has 0 aliphatic heterocycles. The molecule has 0 bridgehead atoms. The molecule has 5 nitrogen and oxygen atoms in total. The second-order valence-electron chi connectivity index (χ2n) is 6.47. The fourth-order valence-corrected chi connectivity index (χ4v) is 2.55. The summed E-state index contributed by atoms with van der Waals surface area (Å²) in [5.41, 5.74) is 2.56. The molecule has 2 aromatic rings. The fraction of sp³-hybridized carbons (Fsp3) is 0.333. The lowest BCUT2D eigenvalue weighted by Gasteiger charge is -2.24. The Labute approximate surface area is 155 Å². The Morgan fingerprint density at radius 2 is 1.73 bits per heavy atom. The first-order valence-corrected chi connectivity index (χ1v) is 8.77. The van der Waals surface area contributed by atoms with Crippen LogP contribution < -0.4 is 15.0 Å². The minimum absolute atomic E-state index is 0.00482. The van der Waals surface area contributed by atoms with E-state index < -0.39 is 0 Å². The van der Waals surface area contributed by atoms with Gasteiger partial charge in [0, 0.05) is 25.6 Å². The van der Waals surface area contributed by atoms with E-state index in [1.54, 1.807) is 4.90 Å². The molecule has 0 radical (unpaired) electrons. The number of anilines is 2. The summed E-state index contributed by atoms with van der Waals surface area (Å²) in [6, 6.07) is 15.0. The molecule has 0 aromatic heterocycles. The van der Waals surface area contributed by atoms with E-state index in [0.717, 1.165) is 11.3 Å². The van der Waals surface area contributed by atoms with Crippen LogP contribution in [0.2, 0.25) is 0 Å². The maximum atomic E-state index is 12.2. The fourth-order valence-electron chi connectivity index (χ4n) is 2.55. The van der Waals surface area contributed by atoms with Gasteiger partial charge in [0.25, 0.3) is 0 Å². The molecule has 0 atom stereocenters. The van der Waals surface area contributed by atoms with Gasteiger partial charge in [0.2, 0.25) is 11.8 Å². The highest BCUT2D eigenvalue weighted by atomic mass is 16.5. The molecular weight excluding hydrogens is 328 g/mol. The molecule has 0 aliphatic carbocycles. The number of aryl methyl sites for hydroxylation is 1. The molecule has 0 unspecified atom stereocenters. The summed E-state index contributed by atoms with van der Waals surface area (Å²) in [7, 11) is 0. The molecule has 5 heteroatoms. The monoisotopic (exact) mass is 354 g/mol. The van der Waals surface area contributed by atoms with E-state index in [2.05, 4.69) is 5.32 Å². The molecule has 0 saturated heterocycles. The van der Waals surface area contributed by atoms with Crippen LogP contribution in [0.15, 0.2) is 48.5 Å². The predicted molar refractivity (Wildman–Crippen MR) is 105 cm³/mol. The van der Waals surface area contributed by atoms with Crippen LogP contribution in [0.25, 0.3) is 0 Å².